The Bertz CT molecular complexity index is 1120. The average molecular weight is 477 g/mol. The van der Waals surface area contributed by atoms with Gasteiger partial charge in [-0.25, -0.2) is 4.79 Å². The third-order valence-electron chi connectivity index (χ3n) is 6.55. The lowest BCUT2D eigenvalue weighted by molar-refractivity contribution is -0.0522. The molecule has 2 amide bonds. The van der Waals surface area contributed by atoms with Gasteiger partial charge in [-0.2, -0.15) is 0 Å². The second-order valence-corrected chi connectivity index (χ2v) is 8.98. The Hall–Kier alpha value is -3.65. The molecule has 0 saturated carbocycles. The lowest BCUT2D eigenvalue weighted by atomic mass is 10.1. The van der Waals surface area contributed by atoms with Crippen LogP contribution in [0.3, 0.4) is 0 Å². The van der Waals surface area contributed by atoms with Crippen LogP contribution >= 0.6 is 0 Å². The number of urea groups is 1. The molecule has 2 N–H and O–H groups in total. The number of nitrogens with zero attached hydrogens (tertiary/aromatic N) is 3. The van der Waals surface area contributed by atoms with E-state index in [1.165, 1.54) is 10.5 Å². The predicted octanol–water partition coefficient (Wildman–Crippen LogP) is 4.13. The van der Waals surface area contributed by atoms with Crippen molar-refractivity contribution >= 4 is 22.9 Å². The maximum Gasteiger partial charge on any atom is 0.321 e. The fraction of sp³-hybridized carbons (Fsp3) is 0.370. The van der Waals surface area contributed by atoms with E-state index in [1.807, 2.05) is 48.5 Å². The van der Waals surface area contributed by atoms with Crippen LogP contribution in [-0.4, -0.2) is 61.4 Å². The summed E-state index contributed by atoms with van der Waals surface area (Å²) >= 11 is 0. The molecule has 8 heteroatoms. The summed E-state index contributed by atoms with van der Waals surface area (Å²) < 4.78 is 17.6. The minimum absolute atomic E-state index is 0.259. The van der Waals surface area contributed by atoms with Crippen LogP contribution < -0.4 is 10.6 Å². The third-order valence-corrected chi connectivity index (χ3v) is 6.55. The van der Waals surface area contributed by atoms with E-state index in [1.54, 1.807) is 6.26 Å². The quantitative estimate of drug-likeness (QED) is 0.468. The van der Waals surface area contributed by atoms with Gasteiger partial charge in [-0.1, -0.05) is 48.5 Å². The van der Waals surface area contributed by atoms with Crippen molar-refractivity contribution in [3.05, 3.63) is 78.4 Å². The number of amides is 2. The molecule has 184 valence electrons. The van der Waals surface area contributed by atoms with Gasteiger partial charge in [0.25, 0.3) is 0 Å². The highest BCUT2D eigenvalue weighted by atomic mass is 16.7. The predicted molar refractivity (Wildman–Crippen MR) is 135 cm³/mol. The number of primary amides is 1. The number of carbonyl (C=O) groups is 1. The first-order valence-electron chi connectivity index (χ1n) is 12.2. The Morgan fingerprint density at radius 2 is 1.77 bits per heavy atom. The van der Waals surface area contributed by atoms with E-state index in [0.717, 1.165) is 68.8 Å². The zero-order valence-corrected chi connectivity index (χ0v) is 19.8. The van der Waals surface area contributed by atoms with E-state index in [-0.39, 0.29) is 6.29 Å². The number of para-hydroxylation sites is 1. The summed E-state index contributed by atoms with van der Waals surface area (Å²) in [7, 11) is 0. The van der Waals surface area contributed by atoms with E-state index < -0.39 is 6.03 Å². The Kier molecular flexibility index (Phi) is 7.09. The van der Waals surface area contributed by atoms with Gasteiger partial charge in [0, 0.05) is 50.6 Å². The summed E-state index contributed by atoms with van der Waals surface area (Å²) in [5.41, 5.74) is 7.58. The van der Waals surface area contributed by atoms with Crippen LogP contribution in [0, 0.1) is 0 Å². The molecular formula is C27H32N4O4. The highest BCUT2D eigenvalue weighted by molar-refractivity contribution is 5.92. The smallest absolute Gasteiger partial charge is 0.321 e. The molecule has 1 unspecified atom stereocenters. The number of benzene rings is 2. The summed E-state index contributed by atoms with van der Waals surface area (Å²) in [4.78, 5) is 18.2. The third kappa shape index (κ3) is 5.71. The molecule has 1 atom stereocenters. The van der Waals surface area contributed by atoms with Gasteiger partial charge in [0.2, 0.25) is 18.1 Å². The molecule has 3 heterocycles. The van der Waals surface area contributed by atoms with Crippen LogP contribution in [0.5, 0.6) is 0 Å². The summed E-state index contributed by atoms with van der Waals surface area (Å²) in [6.07, 6.45) is 4.05. The highest BCUT2D eigenvalue weighted by Gasteiger charge is 2.27. The molecule has 1 fully saturated rings. The summed E-state index contributed by atoms with van der Waals surface area (Å²) in [6, 6.07) is 19.3. The lowest BCUT2D eigenvalue weighted by Gasteiger charge is -2.35. The van der Waals surface area contributed by atoms with Crippen LogP contribution in [0.2, 0.25) is 0 Å². The number of piperazine rings is 1. The van der Waals surface area contributed by atoms with E-state index in [9.17, 15) is 4.79 Å². The normalized spacial score (nSPS) is 18.2. The number of anilines is 1. The van der Waals surface area contributed by atoms with E-state index >= 15 is 0 Å². The van der Waals surface area contributed by atoms with Crippen molar-refractivity contribution in [3.63, 3.8) is 0 Å². The van der Waals surface area contributed by atoms with Gasteiger partial charge >= 0.3 is 6.03 Å². The largest absolute Gasteiger partial charge is 0.457 e. The molecule has 3 aromatic rings. The number of hydrogen-bond donors (Lipinski definition) is 1. The van der Waals surface area contributed by atoms with Crippen molar-refractivity contribution < 1.29 is 18.7 Å². The topological polar surface area (TPSA) is 84.4 Å². The van der Waals surface area contributed by atoms with Gasteiger partial charge in [-0.15, -0.1) is 0 Å². The monoisotopic (exact) mass is 476 g/mol. The lowest BCUT2D eigenvalue weighted by Crippen LogP contribution is -2.46. The zero-order chi connectivity index (χ0) is 24.0. The molecule has 8 nitrogen and oxygen atoms in total. The summed E-state index contributed by atoms with van der Waals surface area (Å²) in [5.74, 6) is 1.33. The van der Waals surface area contributed by atoms with Gasteiger partial charge in [0.05, 0.1) is 0 Å². The zero-order valence-electron chi connectivity index (χ0n) is 19.8. The molecule has 0 aliphatic carbocycles. The first kappa shape index (κ1) is 23.1. The van der Waals surface area contributed by atoms with Crippen molar-refractivity contribution in [1.29, 1.82) is 0 Å². The second-order valence-electron chi connectivity index (χ2n) is 8.98. The SMILES string of the molecule is NC(=O)N(CCCCN1CCN(C2=COC(Cc3ccccc3)O2)CC1)c1cc2ccccc2o1. The number of unbranched alkanes of at least 4 members (excludes halogenated alkanes) is 1. The van der Waals surface area contributed by atoms with Gasteiger partial charge in [-0.3, -0.25) is 9.80 Å². The summed E-state index contributed by atoms with van der Waals surface area (Å²) in [6.45, 7) is 5.25. The maximum absolute atomic E-state index is 12.0. The van der Waals surface area contributed by atoms with Crippen molar-refractivity contribution in [2.45, 2.75) is 25.6 Å². The van der Waals surface area contributed by atoms with E-state index in [0.29, 0.717) is 12.4 Å². The van der Waals surface area contributed by atoms with Gasteiger partial charge in [-0.05, 0) is 31.0 Å². The standard InChI is InChI=1S/C27H32N4O4/c28-27(32)31(24-19-22-10-4-5-11-23(22)34-24)13-7-6-12-29-14-16-30(17-15-29)25-20-33-26(35-25)18-21-8-2-1-3-9-21/h1-5,8-11,19-20,26H,6-7,12-18H2,(H2,28,32). The van der Waals surface area contributed by atoms with Gasteiger partial charge in [0.1, 0.15) is 11.8 Å². The second kappa shape index (κ2) is 10.7. The van der Waals surface area contributed by atoms with Crippen molar-refractivity contribution in [2.24, 2.45) is 5.73 Å². The first-order chi connectivity index (χ1) is 17.2. The molecule has 0 bridgehead atoms. The molecule has 35 heavy (non-hydrogen) atoms. The van der Waals surface area contributed by atoms with Crippen LogP contribution in [0.15, 0.2) is 77.2 Å². The van der Waals surface area contributed by atoms with Crippen molar-refractivity contribution in [2.75, 3.05) is 44.2 Å². The molecular weight excluding hydrogens is 444 g/mol. The van der Waals surface area contributed by atoms with Gasteiger partial charge < -0.3 is 24.5 Å². The maximum atomic E-state index is 12.0. The van der Waals surface area contributed by atoms with E-state index in [4.69, 9.17) is 19.6 Å². The number of ether oxygens (including phenoxy) is 2. The Morgan fingerprint density at radius 1 is 1.00 bits per heavy atom. The molecule has 2 aromatic carbocycles. The molecule has 1 aromatic heterocycles. The average Bonchev–Trinajstić information content (AvgIpc) is 3.52. The minimum atomic E-state index is -0.490. The molecule has 0 spiro atoms. The number of furan rings is 1. The number of hydrogen-bond acceptors (Lipinski definition) is 6. The number of nitrogens with two attached hydrogens (primary N) is 1. The minimum Gasteiger partial charge on any atom is -0.457 e. The summed E-state index contributed by atoms with van der Waals surface area (Å²) in [5, 5.41) is 0.963. The molecule has 2 aliphatic rings. The van der Waals surface area contributed by atoms with Crippen LogP contribution in [0.1, 0.15) is 18.4 Å². The molecule has 1 saturated heterocycles. The fourth-order valence-electron chi connectivity index (χ4n) is 4.60. The Labute approximate surface area is 205 Å². The van der Waals surface area contributed by atoms with Gasteiger partial charge in [0.15, 0.2) is 0 Å². The van der Waals surface area contributed by atoms with Crippen LogP contribution in [0.25, 0.3) is 11.0 Å². The fourth-order valence-corrected chi connectivity index (χ4v) is 4.60. The molecule has 0 radical (unpaired) electrons. The van der Waals surface area contributed by atoms with Crippen LogP contribution in [0.4, 0.5) is 10.7 Å². The number of fused-ring (bicyclic) bond motifs is 1. The van der Waals surface area contributed by atoms with E-state index in [2.05, 4.69) is 21.9 Å². The van der Waals surface area contributed by atoms with Crippen molar-refractivity contribution in [1.82, 2.24) is 9.80 Å². The van der Waals surface area contributed by atoms with Crippen molar-refractivity contribution in [3.8, 4) is 0 Å². The Balaban J connectivity index is 1.02. The highest BCUT2D eigenvalue weighted by Crippen LogP contribution is 2.26. The first-order valence-corrected chi connectivity index (χ1v) is 12.2. The molecule has 5 rings (SSSR count). The van der Waals surface area contributed by atoms with Crippen LogP contribution in [-0.2, 0) is 15.9 Å². The molecule has 2 aliphatic heterocycles. The Morgan fingerprint density at radius 3 is 2.54 bits per heavy atom. The number of rotatable bonds is 9. The number of carbonyl (C=O) groups excluding carboxylic acids is 1.